The minimum Gasteiger partial charge on any atom is -0.493 e. The second-order valence-corrected chi connectivity index (χ2v) is 4.51. The molecule has 0 spiro atoms. The van der Waals surface area contributed by atoms with E-state index in [0.717, 1.165) is 16.7 Å². The fourth-order valence-electron chi connectivity index (χ4n) is 1.29. The quantitative estimate of drug-likeness (QED) is 0.315. The van der Waals surface area contributed by atoms with E-state index in [0.29, 0.717) is 12.2 Å². The zero-order valence-electron chi connectivity index (χ0n) is 9.59. The second-order valence-electron chi connectivity index (χ2n) is 3.43. The van der Waals surface area contributed by atoms with Crippen molar-refractivity contribution in [2.24, 2.45) is 5.73 Å². The molecule has 94 valence electrons. The Morgan fingerprint density at radius 3 is 2.78 bits per heavy atom. The molecule has 2 rings (SSSR count). The molecule has 1 heterocycles. The van der Waals surface area contributed by atoms with Gasteiger partial charge in [-0.15, -0.1) is 0 Å². The predicted octanol–water partition coefficient (Wildman–Crippen LogP) is 1.26. The number of hydrogen-bond donors (Lipinski definition) is 3. The summed E-state index contributed by atoms with van der Waals surface area (Å²) in [6, 6.07) is 7.13. The third kappa shape index (κ3) is 3.49. The molecule has 0 amide bonds. The van der Waals surface area contributed by atoms with Crippen LogP contribution in [-0.2, 0) is 0 Å². The summed E-state index contributed by atoms with van der Waals surface area (Å²) in [4.78, 5) is 4.00. The number of hydrogen-bond acceptors (Lipinski definition) is 5. The monoisotopic (exact) mass is 263 g/mol. The van der Waals surface area contributed by atoms with Gasteiger partial charge in [0, 0.05) is 11.3 Å². The van der Waals surface area contributed by atoms with E-state index >= 15 is 0 Å². The first-order valence-electron chi connectivity index (χ1n) is 5.31. The zero-order chi connectivity index (χ0) is 12.8. The van der Waals surface area contributed by atoms with Crippen LogP contribution in [0.15, 0.2) is 35.7 Å². The molecule has 4 N–H and O–H groups in total. The summed E-state index contributed by atoms with van der Waals surface area (Å²) in [5, 5.41) is 14.6. The molecule has 7 heteroatoms. The van der Waals surface area contributed by atoms with Gasteiger partial charge >= 0.3 is 0 Å². The number of benzene rings is 1. The Hall–Kier alpha value is -2.02. The van der Waals surface area contributed by atoms with Crippen molar-refractivity contribution in [3.63, 3.8) is 0 Å². The molecular formula is C11H13N5OS. The summed E-state index contributed by atoms with van der Waals surface area (Å²) in [6.45, 7) is 0.574. The second kappa shape index (κ2) is 6.06. The van der Waals surface area contributed by atoms with E-state index in [1.807, 2.05) is 0 Å². The topological polar surface area (TPSA) is 101 Å². The minimum absolute atomic E-state index is 0.0578. The molecule has 0 atom stereocenters. The minimum atomic E-state index is 0.0578. The van der Waals surface area contributed by atoms with Gasteiger partial charge in [0.15, 0.2) is 5.16 Å². The van der Waals surface area contributed by atoms with Crippen LogP contribution < -0.4 is 10.5 Å². The van der Waals surface area contributed by atoms with Gasteiger partial charge in [-0.3, -0.25) is 10.5 Å². The molecule has 18 heavy (non-hydrogen) atoms. The van der Waals surface area contributed by atoms with Gasteiger partial charge in [0.25, 0.3) is 0 Å². The molecule has 0 radical (unpaired) electrons. The Labute approximate surface area is 108 Å². The maximum Gasteiger partial charge on any atom is 0.183 e. The molecule has 1 aromatic carbocycles. The lowest BCUT2D eigenvalue weighted by Crippen LogP contribution is -2.10. The molecule has 0 bridgehead atoms. The van der Waals surface area contributed by atoms with Crippen LogP contribution in [0.1, 0.15) is 5.56 Å². The summed E-state index contributed by atoms with van der Waals surface area (Å²) in [5.41, 5.74) is 6.06. The Morgan fingerprint density at radius 2 is 2.17 bits per heavy atom. The van der Waals surface area contributed by atoms with E-state index in [9.17, 15) is 0 Å². The largest absolute Gasteiger partial charge is 0.493 e. The number of nitrogens with zero attached hydrogens (tertiary/aromatic N) is 2. The van der Waals surface area contributed by atoms with Gasteiger partial charge < -0.3 is 10.5 Å². The van der Waals surface area contributed by atoms with Crippen LogP contribution in [0.2, 0.25) is 0 Å². The molecule has 0 saturated heterocycles. The number of nitrogens with two attached hydrogens (primary N) is 1. The summed E-state index contributed by atoms with van der Waals surface area (Å²) in [7, 11) is 0. The lowest BCUT2D eigenvalue weighted by molar-refractivity contribution is 0.344. The van der Waals surface area contributed by atoms with E-state index in [1.165, 1.54) is 6.33 Å². The molecule has 0 aliphatic carbocycles. The van der Waals surface area contributed by atoms with Gasteiger partial charge in [-0.1, -0.05) is 11.8 Å². The fourth-order valence-corrected chi connectivity index (χ4v) is 1.89. The lowest BCUT2D eigenvalue weighted by Gasteiger charge is -2.05. The van der Waals surface area contributed by atoms with Crippen LogP contribution in [0, 0.1) is 5.41 Å². The predicted molar refractivity (Wildman–Crippen MR) is 70.1 cm³/mol. The normalized spacial score (nSPS) is 10.2. The van der Waals surface area contributed by atoms with Crippen LogP contribution >= 0.6 is 11.8 Å². The smallest absolute Gasteiger partial charge is 0.183 e. The highest BCUT2D eigenvalue weighted by Crippen LogP contribution is 2.14. The van der Waals surface area contributed by atoms with Crippen LogP contribution in [0.25, 0.3) is 0 Å². The van der Waals surface area contributed by atoms with Crippen LogP contribution in [-0.4, -0.2) is 33.4 Å². The molecule has 0 fully saturated rings. The average molecular weight is 263 g/mol. The Balaban J connectivity index is 1.75. The van der Waals surface area contributed by atoms with Crippen LogP contribution in [0.3, 0.4) is 0 Å². The fraction of sp³-hybridized carbons (Fsp3) is 0.182. The third-order valence-corrected chi connectivity index (χ3v) is 2.99. The average Bonchev–Trinajstić information content (AvgIpc) is 2.88. The van der Waals surface area contributed by atoms with Gasteiger partial charge in [-0.05, 0) is 24.3 Å². The first-order chi connectivity index (χ1) is 8.75. The summed E-state index contributed by atoms with van der Waals surface area (Å²) in [6.07, 6.45) is 1.48. The molecule has 6 nitrogen and oxygen atoms in total. The van der Waals surface area contributed by atoms with Crippen molar-refractivity contribution in [2.75, 3.05) is 12.4 Å². The molecule has 0 aliphatic rings. The van der Waals surface area contributed by atoms with Crippen molar-refractivity contribution >= 4 is 17.6 Å². The molecule has 2 aromatic rings. The van der Waals surface area contributed by atoms with Crippen molar-refractivity contribution in [3.05, 3.63) is 36.2 Å². The number of ether oxygens (including phenoxy) is 1. The molecular weight excluding hydrogens is 250 g/mol. The Morgan fingerprint density at radius 1 is 1.39 bits per heavy atom. The number of aromatic nitrogens is 3. The molecule has 0 saturated carbocycles. The first-order valence-corrected chi connectivity index (χ1v) is 6.29. The van der Waals surface area contributed by atoms with Gasteiger partial charge in [0.1, 0.15) is 17.9 Å². The summed E-state index contributed by atoms with van der Waals surface area (Å²) >= 11 is 1.55. The number of amidine groups is 1. The van der Waals surface area contributed by atoms with Gasteiger partial charge in [0.2, 0.25) is 0 Å². The standard InChI is InChI=1S/C11H13N5OS/c12-10(13)8-1-3-9(4-2-8)17-5-6-18-11-14-7-15-16-11/h1-4,7H,5-6H2,(H3,12,13)(H,14,15,16). The lowest BCUT2D eigenvalue weighted by atomic mass is 10.2. The van der Waals surface area contributed by atoms with Crippen LogP contribution in [0.4, 0.5) is 0 Å². The highest BCUT2D eigenvalue weighted by Gasteiger charge is 1.99. The summed E-state index contributed by atoms with van der Waals surface area (Å²) in [5.74, 6) is 1.60. The molecule has 0 aliphatic heterocycles. The molecule has 0 unspecified atom stereocenters. The highest BCUT2D eigenvalue weighted by atomic mass is 32.2. The van der Waals surface area contributed by atoms with Gasteiger partial charge in [0.05, 0.1) is 6.61 Å². The van der Waals surface area contributed by atoms with E-state index < -0.39 is 0 Å². The number of H-pyrrole nitrogens is 1. The van der Waals surface area contributed by atoms with Crippen molar-refractivity contribution < 1.29 is 4.74 Å². The zero-order valence-corrected chi connectivity index (χ0v) is 10.4. The maximum absolute atomic E-state index is 7.27. The van der Waals surface area contributed by atoms with Crippen LogP contribution in [0.5, 0.6) is 5.75 Å². The third-order valence-electron chi connectivity index (χ3n) is 2.15. The summed E-state index contributed by atoms with van der Waals surface area (Å²) < 4.78 is 5.54. The maximum atomic E-state index is 7.27. The number of aromatic amines is 1. The van der Waals surface area contributed by atoms with Crippen molar-refractivity contribution in [1.82, 2.24) is 15.2 Å². The first kappa shape index (κ1) is 12.4. The Kier molecular flexibility index (Phi) is 4.19. The number of nitrogen functional groups attached to an aromatic ring is 1. The van der Waals surface area contributed by atoms with Crippen molar-refractivity contribution in [1.29, 1.82) is 5.41 Å². The highest BCUT2D eigenvalue weighted by molar-refractivity contribution is 7.99. The van der Waals surface area contributed by atoms with E-state index in [-0.39, 0.29) is 5.84 Å². The van der Waals surface area contributed by atoms with Gasteiger partial charge in [-0.2, -0.15) is 5.10 Å². The van der Waals surface area contributed by atoms with E-state index in [2.05, 4.69) is 15.2 Å². The van der Waals surface area contributed by atoms with Crippen molar-refractivity contribution in [2.45, 2.75) is 5.16 Å². The SMILES string of the molecule is N=C(N)c1ccc(OCCSc2ncn[nH]2)cc1. The van der Waals surface area contributed by atoms with Crippen molar-refractivity contribution in [3.8, 4) is 5.75 Å². The number of rotatable bonds is 6. The van der Waals surface area contributed by atoms with E-state index in [1.54, 1.807) is 36.0 Å². The number of thioether (sulfide) groups is 1. The van der Waals surface area contributed by atoms with Gasteiger partial charge in [-0.25, -0.2) is 4.98 Å². The Bertz CT molecular complexity index is 497. The number of nitrogens with one attached hydrogen (secondary N) is 2. The molecule has 1 aromatic heterocycles. The van der Waals surface area contributed by atoms with E-state index in [4.69, 9.17) is 15.9 Å².